The summed E-state index contributed by atoms with van der Waals surface area (Å²) in [4.78, 5) is 25.2. The first-order chi connectivity index (χ1) is 12.5. The highest BCUT2D eigenvalue weighted by atomic mass is 16.1. The summed E-state index contributed by atoms with van der Waals surface area (Å²) in [5, 5.41) is 3.48. The van der Waals surface area contributed by atoms with Crippen molar-refractivity contribution in [2.24, 2.45) is 5.92 Å². The van der Waals surface area contributed by atoms with E-state index in [1.54, 1.807) is 0 Å². The lowest BCUT2D eigenvalue weighted by Gasteiger charge is -2.27. The lowest BCUT2D eigenvalue weighted by Crippen LogP contribution is -2.37. The van der Waals surface area contributed by atoms with Crippen molar-refractivity contribution in [2.45, 2.75) is 53.1 Å². The molecule has 1 N–H and O–H groups in total. The van der Waals surface area contributed by atoms with E-state index in [4.69, 9.17) is 0 Å². The van der Waals surface area contributed by atoms with Gasteiger partial charge in [-0.1, -0.05) is 73.5 Å². The van der Waals surface area contributed by atoms with Gasteiger partial charge in [0.05, 0.1) is 5.92 Å². The number of ketones is 2. The van der Waals surface area contributed by atoms with Gasteiger partial charge in [-0.2, -0.15) is 0 Å². The van der Waals surface area contributed by atoms with Gasteiger partial charge in [-0.05, 0) is 25.0 Å². The molecule has 0 aromatic heterocycles. The van der Waals surface area contributed by atoms with Crippen LogP contribution in [0, 0.1) is 19.8 Å². The number of Topliss-reactive ketones (excluding diaryl/α,β-unsaturated/α-hetero) is 2. The first-order valence-corrected chi connectivity index (χ1v) is 9.37. The van der Waals surface area contributed by atoms with Crippen LogP contribution in [0.15, 0.2) is 48.5 Å². The molecule has 2 aromatic rings. The minimum Gasteiger partial charge on any atom is -0.305 e. The van der Waals surface area contributed by atoms with Crippen molar-refractivity contribution < 1.29 is 9.59 Å². The zero-order valence-electron chi connectivity index (χ0n) is 16.2. The van der Waals surface area contributed by atoms with Crippen LogP contribution >= 0.6 is 0 Å². The zero-order valence-corrected chi connectivity index (χ0v) is 16.2. The van der Waals surface area contributed by atoms with Gasteiger partial charge in [-0.15, -0.1) is 0 Å². The predicted octanol–water partition coefficient (Wildman–Crippen LogP) is 4.71. The molecule has 2 rings (SSSR count). The van der Waals surface area contributed by atoms with Crippen LogP contribution in [0.5, 0.6) is 0 Å². The Morgan fingerprint density at radius 2 is 1.27 bits per heavy atom. The van der Waals surface area contributed by atoms with Gasteiger partial charge in [-0.3, -0.25) is 9.59 Å². The molecule has 0 bridgehead atoms. The van der Waals surface area contributed by atoms with Gasteiger partial charge < -0.3 is 5.32 Å². The van der Waals surface area contributed by atoms with Crippen molar-refractivity contribution in [3.05, 3.63) is 70.8 Å². The summed E-state index contributed by atoms with van der Waals surface area (Å²) in [6.07, 6.45) is 0.732. The number of hydrogen-bond donors (Lipinski definition) is 1. The molecule has 1 atom stereocenters. The molecule has 0 saturated heterocycles. The largest absolute Gasteiger partial charge is 0.305 e. The second kappa shape index (κ2) is 9.44. The first-order valence-electron chi connectivity index (χ1n) is 9.37. The molecule has 0 saturated carbocycles. The Kier molecular flexibility index (Phi) is 7.28. The van der Waals surface area contributed by atoms with E-state index in [-0.39, 0.29) is 17.6 Å². The number of aryl methyl sites for hydroxylation is 2. The summed E-state index contributed by atoms with van der Waals surface area (Å²) >= 11 is 0. The molecule has 138 valence electrons. The van der Waals surface area contributed by atoms with E-state index in [2.05, 4.69) is 36.5 Å². The maximum absolute atomic E-state index is 12.6. The molecule has 0 aliphatic carbocycles. The summed E-state index contributed by atoms with van der Waals surface area (Å²) in [5.41, 5.74) is 4.49. The van der Waals surface area contributed by atoms with E-state index >= 15 is 0 Å². The summed E-state index contributed by atoms with van der Waals surface area (Å²) in [6.45, 7) is 8.35. The van der Waals surface area contributed by atoms with E-state index in [0.29, 0.717) is 19.4 Å². The molecule has 1 unspecified atom stereocenters. The third-order valence-electron chi connectivity index (χ3n) is 4.81. The van der Waals surface area contributed by atoms with Gasteiger partial charge in [0, 0.05) is 25.4 Å². The lowest BCUT2D eigenvalue weighted by atomic mass is 9.84. The van der Waals surface area contributed by atoms with Crippen molar-refractivity contribution in [2.75, 3.05) is 0 Å². The fourth-order valence-corrected chi connectivity index (χ4v) is 3.13. The molecule has 0 heterocycles. The van der Waals surface area contributed by atoms with E-state index in [9.17, 15) is 9.59 Å². The molecule has 0 radical (unpaired) electrons. The second-order valence-corrected chi connectivity index (χ2v) is 6.87. The minimum atomic E-state index is -0.641. The van der Waals surface area contributed by atoms with Crippen LogP contribution in [0.4, 0.5) is 0 Å². The maximum Gasteiger partial charge on any atom is 0.144 e. The molecule has 0 spiro atoms. The van der Waals surface area contributed by atoms with Crippen LogP contribution in [-0.4, -0.2) is 11.6 Å². The third-order valence-corrected chi connectivity index (χ3v) is 4.81. The normalized spacial score (nSPS) is 12.2. The van der Waals surface area contributed by atoms with Crippen LogP contribution in [-0.2, 0) is 16.1 Å². The Morgan fingerprint density at radius 1 is 0.808 bits per heavy atom. The van der Waals surface area contributed by atoms with Crippen molar-refractivity contribution in [3.8, 4) is 0 Å². The highest BCUT2D eigenvalue weighted by Gasteiger charge is 2.33. The molecule has 26 heavy (non-hydrogen) atoms. The molecular formula is C23H29NO2. The molecule has 3 heteroatoms. The molecule has 0 amide bonds. The Balaban J connectivity index is 2.33. The maximum atomic E-state index is 12.6. The second-order valence-electron chi connectivity index (χ2n) is 6.87. The first kappa shape index (κ1) is 20.1. The highest BCUT2D eigenvalue weighted by Crippen LogP contribution is 2.27. The summed E-state index contributed by atoms with van der Waals surface area (Å²) in [5.74, 6) is -0.643. The molecular weight excluding hydrogens is 322 g/mol. The number of hydrogen-bond acceptors (Lipinski definition) is 3. The van der Waals surface area contributed by atoms with E-state index in [1.165, 1.54) is 5.56 Å². The number of benzene rings is 2. The number of nitrogens with one attached hydrogen (secondary N) is 1. The smallest absolute Gasteiger partial charge is 0.144 e. The van der Waals surface area contributed by atoms with Gasteiger partial charge in [0.25, 0.3) is 0 Å². The molecule has 3 nitrogen and oxygen atoms in total. The molecule has 0 aliphatic heterocycles. The fraction of sp³-hybridized carbons (Fsp3) is 0.391. The van der Waals surface area contributed by atoms with Crippen molar-refractivity contribution in [1.29, 1.82) is 0 Å². The quantitative estimate of drug-likeness (QED) is 0.666. The zero-order chi connectivity index (χ0) is 19.1. The summed E-state index contributed by atoms with van der Waals surface area (Å²) < 4.78 is 0. The van der Waals surface area contributed by atoms with Gasteiger partial charge in [0.1, 0.15) is 11.6 Å². The Hall–Kier alpha value is -2.26. The van der Waals surface area contributed by atoms with Gasteiger partial charge >= 0.3 is 0 Å². The van der Waals surface area contributed by atoms with Gasteiger partial charge in [0.15, 0.2) is 0 Å². The summed E-state index contributed by atoms with van der Waals surface area (Å²) in [6, 6.07) is 16.1. The average Bonchev–Trinajstić information content (AvgIpc) is 2.66. The Labute approximate surface area is 156 Å². The van der Waals surface area contributed by atoms with E-state index in [0.717, 1.165) is 16.7 Å². The fourth-order valence-electron chi connectivity index (χ4n) is 3.13. The summed E-state index contributed by atoms with van der Waals surface area (Å²) in [7, 11) is 0. The van der Waals surface area contributed by atoms with E-state index in [1.807, 2.05) is 45.0 Å². The van der Waals surface area contributed by atoms with Crippen LogP contribution < -0.4 is 5.32 Å². The molecule has 0 aliphatic rings. The topological polar surface area (TPSA) is 46.2 Å². The standard InChI is InChI=1S/C23H29NO2/c1-5-20(25)22(21(26)6-2)23(19-13-9-17(4)10-14-19)24-15-18-11-7-16(3)8-12-18/h7-14,22-24H,5-6,15H2,1-4H3. The monoisotopic (exact) mass is 351 g/mol. The van der Waals surface area contributed by atoms with E-state index < -0.39 is 5.92 Å². The SMILES string of the molecule is CCC(=O)C(C(=O)CC)C(NCc1ccc(C)cc1)c1ccc(C)cc1. The minimum absolute atomic E-state index is 0.00108. The molecule has 0 fully saturated rings. The van der Waals surface area contributed by atoms with Crippen LogP contribution in [0.1, 0.15) is 55.0 Å². The van der Waals surface area contributed by atoms with Crippen molar-refractivity contribution in [3.63, 3.8) is 0 Å². The number of carbonyl (C=O) groups excluding carboxylic acids is 2. The van der Waals surface area contributed by atoms with Crippen LogP contribution in [0.2, 0.25) is 0 Å². The third kappa shape index (κ3) is 5.12. The number of carbonyl (C=O) groups is 2. The predicted molar refractivity (Wildman–Crippen MR) is 106 cm³/mol. The average molecular weight is 351 g/mol. The van der Waals surface area contributed by atoms with Gasteiger partial charge in [0.2, 0.25) is 0 Å². The lowest BCUT2D eigenvalue weighted by molar-refractivity contribution is -0.133. The van der Waals surface area contributed by atoms with Crippen LogP contribution in [0.25, 0.3) is 0 Å². The molecule has 2 aromatic carbocycles. The number of rotatable bonds is 9. The Morgan fingerprint density at radius 3 is 1.73 bits per heavy atom. The Bertz CT molecular complexity index is 716. The highest BCUT2D eigenvalue weighted by molar-refractivity contribution is 6.03. The van der Waals surface area contributed by atoms with Crippen molar-refractivity contribution >= 4 is 11.6 Å². The van der Waals surface area contributed by atoms with Crippen LogP contribution in [0.3, 0.4) is 0 Å². The van der Waals surface area contributed by atoms with Gasteiger partial charge in [-0.25, -0.2) is 0 Å². The van der Waals surface area contributed by atoms with Crippen molar-refractivity contribution in [1.82, 2.24) is 5.32 Å².